The molecule has 0 radical (unpaired) electrons. The summed E-state index contributed by atoms with van der Waals surface area (Å²) in [6.07, 6.45) is 8.99. The average molecular weight is 417 g/mol. The molecule has 1 amide bonds. The summed E-state index contributed by atoms with van der Waals surface area (Å²) in [6.45, 7) is 7.85. The van der Waals surface area contributed by atoms with Crippen molar-refractivity contribution >= 4 is 23.0 Å². The van der Waals surface area contributed by atoms with Crippen molar-refractivity contribution in [2.45, 2.75) is 39.3 Å². The van der Waals surface area contributed by atoms with E-state index in [9.17, 15) is 9.18 Å². The fraction of sp³-hybridized carbons (Fsp3) is 0.240. The molecule has 0 saturated heterocycles. The van der Waals surface area contributed by atoms with Gasteiger partial charge in [0.25, 0.3) is 5.91 Å². The minimum atomic E-state index is -0.382. The molecule has 3 aromatic rings. The number of amides is 1. The van der Waals surface area contributed by atoms with E-state index >= 15 is 0 Å². The average Bonchev–Trinajstić information content (AvgIpc) is 3.50. The van der Waals surface area contributed by atoms with Gasteiger partial charge in [-0.25, -0.2) is 4.39 Å². The van der Waals surface area contributed by atoms with Gasteiger partial charge < -0.3 is 5.32 Å². The van der Waals surface area contributed by atoms with Crippen molar-refractivity contribution < 1.29 is 9.18 Å². The van der Waals surface area contributed by atoms with Gasteiger partial charge in [-0.05, 0) is 67.6 Å². The SMILES string of the molecule is C=CC=N/C(=C\C)Cn1ncc2cc(-c3cc(C(=O)NC4CC4)cc(F)c3C)ccc21. The molecule has 1 N–H and O–H groups in total. The van der Waals surface area contributed by atoms with Crippen LogP contribution in [0.15, 0.2) is 65.9 Å². The number of allylic oxidation sites excluding steroid dienone is 3. The van der Waals surface area contributed by atoms with Crippen LogP contribution in [0.1, 0.15) is 35.7 Å². The Morgan fingerprint density at radius 1 is 1.35 bits per heavy atom. The lowest BCUT2D eigenvalue weighted by Gasteiger charge is -2.12. The van der Waals surface area contributed by atoms with Crippen molar-refractivity contribution in [1.82, 2.24) is 15.1 Å². The molecular formula is C25H25FN4O. The number of carbonyl (C=O) groups excluding carboxylic acids is 1. The predicted molar refractivity (Wildman–Crippen MR) is 123 cm³/mol. The molecular weight excluding hydrogens is 391 g/mol. The molecule has 1 heterocycles. The largest absolute Gasteiger partial charge is 0.349 e. The van der Waals surface area contributed by atoms with Gasteiger partial charge in [-0.2, -0.15) is 5.10 Å². The second-order valence-electron chi connectivity index (χ2n) is 7.75. The molecule has 0 spiro atoms. The summed E-state index contributed by atoms with van der Waals surface area (Å²) in [5.74, 6) is -0.609. The Bertz CT molecular complexity index is 1220. The van der Waals surface area contributed by atoms with Crippen molar-refractivity contribution in [3.63, 3.8) is 0 Å². The fourth-order valence-corrected chi connectivity index (χ4v) is 3.50. The number of halogens is 1. The molecule has 1 aliphatic rings. The Hall–Kier alpha value is -3.54. The highest BCUT2D eigenvalue weighted by molar-refractivity contribution is 5.96. The van der Waals surface area contributed by atoms with E-state index < -0.39 is 0 Å². The van der Waals surface area contributed by atoms with Crippen LogP contribution in [0, 0.1) is 12.7 Å². The highest BCUT2D eigenvalue weighted by Crippen LogP contribution is 2.30. The third-order valence-corrected chi connectivity index (χ3v) is 5.46. The van der Waals surface area contributed by atoms with E-state index in [0.29, 0.717) is 23.2 Å². The Morgan fingerprint density at radius 3 is 2.87 bits per heavy atom. The molecule has 0 atom stereocenters. The zero-order valence-corrected chi connectivity index (χ0v) is 17.7. The van der Waals surface area contributed by atoms with E-state index in [1.165, 1.54) is 6.07 Å². The van der Waals surface area contributed by atoms with Crippen LogP contribution >= 0.6 is 0 Å². The Morgan fingerprint density at radius 2 is 2.16 bits per heavy atom. The molecule has 0 unspecified atom stereocenters. The van der Waals surface area contributed by atoms with Gasteiger partial charge in [-0.15, -0.1) is 0 Å². The van der Waals surface area contributed by atoms with Crippen molar-refractivity contribution in [2.75, 3.05) is 0 Å². The van der Waals surface area contributed by atoms with Crippen LogP contribution in [0.5, 0.6) is 0 Å². The first-order chi connectivity index (χ1) is 15.0. The minimum absolute atomic E-state index is 0.223. The van der Waals surface area contributed by atoms with Crippen LogP contribution in [-0.2, 0) is 6.54 Å². The lowest BCUT2D eigenvalue weighted by Crippen LogP contribution is -2.25. The molecule has 2 aromatic carbocycles. The number of fused-ring (bicyclic) bond motifs is 1. The number of nitrogens with zero attached hydrogens (tertiary/aromatic N) is 3. The van der Waals surface area contributed by atoms with Gasteiger partial charge in [0.05, 0.1) is 24.0 Å². The number of carbonyl (C=O) groups is 1. The van der Waals surface area contributed by atoms with Crippen LogP contribution < -0.4 is 5.32 Å². The van der Waals surface area contributed by atoms with E-state index in [2.05, 4.69) is 22.0 Å². The summed E-state index contributed by atoms with van der Waals surface area (Å²) >= 11 is 0. The van der Waals surface area contributed by atoms with Crippen LogP contribution in [-0.4, -0.2) is 27.9 Å². The zero-order chi connectivity index (χ0) is 22.0. The summed E-state index contributed by atoms with van der Waals surface area (Å²) in [5, 5.41) is 8.35. The van der Waals surface area contributed by atoms with Crippen LogP contribution in [0.3, 0.4) is 0 Å². The summed E-state index contributed by atoms with van der Waals surface area (Å²) in [5.41, 5.74) is 4.25. The maximum absolute atomic E-state index is 14.6. The molecule has 1 saturated carbocycles. The predicted octanol–water partition coefficient (Wildman–Crippen LogP) is 5.20. The molecule has 1 aliphatic carbocycles. The van der Waals surface area contributed by atoms with Crippen molar-refractivity contribution in [2.24, 2.45) is 4.99 Å². The molecule has 1 fully saturated rings. The third-order valence-electron chi connectivity index (χ3n) is 5.46. The monoisotopic (exact) mass is 416 g/mol. The smallest absolute Gasteiger partial charge is 0.251 e. The number of hydrogen-bond donors (Lipinski definition) is 1. The van der Waals surface area contributed by atoms with Gasteiger partial charge in [-0.3, -0.25) is 14.5 Å². The van der Waals surface area contributed by atoms with Gasteiger partial charge in [0.1, 0.15) is 5.82 Å². The lowest BCUT2D eigenvalue weighted by molar-refractivity contribution is 0.0950. The van der Waals surface area contributed by atoms with E-state index in [0.717, 1.165) is 35.0 Å². The molecule has 0 aliphatic heterocycles. The topological polar surface area (TPSA) is 59.3 Å². The quantitative estimate of drug-likeness (QED) is 0.538. The minimum Gasteiger partial charge on any atom is -0.349 e. The fourth-order valence-electron chi connectivity index (χ4n) is 3.50. The van der Waals surface area contributed by atoms with Gasteiger partial charge >= 0.3 is 0 Å². The van der Waals surface area contributed by atoms with Crippen molar-refractivity contribution in [3.8, 4) is 11.1 Å². The third kappa shape index (κ3) is 4.48. The Labute approximate surface area is 181 Å². The summed E-state index contributed by atoms with van der Waals surface area (Å²) in [7, 11) is 0. The summed E-state index contributed by atoms with van der Waals surface area (Å²) < 4.78 is 16.5. The maximum atomic E-state index is 14.6. The van der Waals surface area contributed by atoms with Crippen LogP contribution in [0.4, 0.5) is 4.39 Å². The number of benzene rings is 2. The second-order valence-corrected chi connectivity index (χ2v) is 7.75. The lowest BCUT2D eigenvalue weighted by atomic mass is 9.96. The van der Waals surface area contributed by atoms with Gasteiger partial charge in [-0.1, -0.05) is 24.8 Å². The molecule has 6 heteroatoms. The Balaban J connectivity index is 1.67. The Kier molecular flexibility index (Phi) is 5.80. The highest BCUT2D eigenvalue weighted by Gasteiger charge is 2.24. The maximum Gasteiger partial charge on any atom is 0.251 e. The van der Waals surface area contributed by atoms with E-state index in [1.54, 1.807) is 31.5 Å². The second kappa shape index (κ2) is 8.68. The van der Waals surface area contributed by atoms with E-state index in [-0.39, 0.29) is 17.8 Å². The number of nitrogens with one attached hydrogen (secondary N) is 1. The van der Waals surface area contributed by atoms with Gasteiger partial charge in [0, 0.05) is 23.2 Å². The number of hydrogen-bond acceptors (Lipinski definition) is 3. The molecule has 158 valence electrons. The van der Waals surface area contributed by atoms with Crippen molar-refractivity contribution in [1.29, 1.82) is 0 Å². The number of aliphatic imine (C=N–C) groups is 1. The number of rotatable bonds is 7. The summed E-state index contributed by atoms with van der Waals surface area (Å²) in [6, 6.07) is 9.19. The van der Waals surface area contributed by atoms with Crippen LogP contribution in [0.2, 0.25) is 0 Å². The van der Waals surface area contributed by atoms with E-state index in [4.69, 9.17) is 0 Å². The first-order valence-electron chi connectivity index (χ1n) is 10.4. The highest BCUT2D eigenvalue weighted by atomic mass is 19.1. The molecule has 4 rings (SSSR count). The molecule has 31 heavy (non-hydrogen) atoms. The standard InChI is InChI=1S/C25H25FN4O/c1-4-10-27-20(5-2)15-30-24-9-6-17(11-19(24)14-28-30)22-12-18(13-23(26)16(22)3)25(31)29-21-7-8-21/h4-6,9-14,21H,1,7-8,15H2,2-3H3,(H,29,31)/b20-5-,27-10?. The molecule has 0 bridgehead atoms. The first-order valence-corrected chi connectivity index (χ1v) is 10.4. The zero-order valence-electron chi connectivity index (χ0n) is 17.7. The van der Waals surface area contributed by atoms with Crippen molar-refractivity contribution in [3.05, 3.63) is 77.9 Å². The van der Waals surface area contributed by atoms with E-state index in [1.807, 2.05) is 35.9 Å². The molecule has 1 aromatic heterocycles. The first kappa shape index (κ1) is 20.7. The van der Waals surface area contributed by atoms with Crippen LogP contribution in [0.25, 0.3) is 22.0 Å². The molecule has 5 nitrogen and oxygen atoms in total. The normalized spacial score (nSPS) is 14.4. The van der Waals surface area contributed by atoms with Gasteiger partial charge in [0.15, 0.2) is 0 Å². The summed E-state index contributed by atoms with van der Waals surface area (Å²) in [4.78, 5) is 16.8. The van der Waals surface area contributed by atoms with Gasteiger partial charge in [0.2, 0.25) is 0 Å². The number of aromatic nitrogens is 2.